The van der Waals surface area contributed by atoms with Gasteiger partial charge in [-0.05, 0) is 27.8 Å². The molecule has 100 valence electrons. The lowest BCUT2D eigenvalue weighted by molar-refractivity contribution is 0.281. The van der Waals surface area contributed by atoms with E-state index in [1.807, 2.05) is 30.3 Å². The second kappa shape index (κ2) is 6.69. The Balaban J connectivity index is 2.45. The molecule has 0 heterocycles. The van der Waals surface area contributed by atoms with Crippen molar-refractivity contribution in [1.29, 1.82) is 0 Å². The Labute approximate surface area is 120 Å². The van der Waals surface area contributed by atoms with Crippen LogP contribution in [-0.2, 0) is 6.61 Å². The monoisotopic (exact) mass is 262 g/mol. The Hall–Kier alpha value is -2.38. The molecule has 0 aromatic heterocycles. The highest BCUT2D eigenvalue weighted by atomic mass is 16.3. The van der Waals surface area contributed by atoms with Gasteiger partial charge in [-0.3, -0.25) is 0 Å². The lowest BCUT2D eigenvalue weighted by atomic mass is 9.95. The van der Waals surface area contributed by atoms with Crippen molar-refractivity contribution in [2.45, 2.75) is 6.61 Å². The number of aliphatic hydroxyl groups excluding tert-OH is 1. The molecular formula is C19H18O. The molecule has 0 spiro atoms. The molecule has 0 amide bonds. The average Bonchev–Trinajstić information content (AvgIpc) is 2.52. The molecule has 0 fully saturated rings. The first-order valence-electron chi connectivity index (χ1n) is 6.55. The van der Waals surface area contributed by atoms with Gasteiger partial charge in [-0.25, -0.2) is 0 Å². The zero-order chi connectivity index (χ0) is 14.4. The van der Waals surface area contributed by atoms with Gasteiger partial charge in [0.2, 0.25) is 0 Å². The van der Waals surface area contributed by atoms with E-state index in [1.165, 1.54) is 0 Å². The molecular weight excluding hydrogens is 244 g/mol. The summed E-state index contributed by atoms with van der Waals surface area (Å²) in [5.41, 5.74) is 5.02. The first kappa shape index (κ1) is 14.0. The van der Waals surface area contributed by atoms with Crippen LogP contribution in [0.15, 0.2) is 55.6 Å². The lowest BCUT2D eigenvalue weighted by Crippen LogP contribution is -1.94. The molecule has 2 aromatic carbocycles. The number of benzene rings is 2. The lowest BCUT2D eigenvalue weighted by Gasteiger charge is -2.10. The molecule has 1 N–H and O–H groups in total. The van der Waals surface area contributed by atoms with Gasteiger partial charge in [-0.2, -0.15) is 0 Å². The minimum atomic E-state index is 0.00483. The van der Waals surface area contributed by atoms with Gasteiger partial charge >= 0.3 is 0 Å². The zero-order valence-corrected chi connectivity index (χ0v) is 11.4. The van der Waals surface area contributed by atoms with Crippen LogP contribution in [0, 0.1) is 0 Å². The number of aliphatic hydroxyl groups is 1. The third kappa shape index (κ3) is 2.95. The van der Waals surface area contributed by atoms with E-state index >= 15 is 0 Å². The maximum absolute atomic E-state index is 9.37. The fraction of sp³-hybridized carbons (Fsp3) is 0.0526. The molecule has 2 rings (SSSR count). The topological polar surface area (TPSA) is 20.2 Å². The second-order valence-corrected chi connectivity index (χ2v) is 4.45. The molecule has 2 aromatic rings. The van der Waals surface area contributed by atoms with Gasteiger partial charge in [-0.1, -0.05) is 79.9 Å². The summed E-state index contributed by atoms with van der Waals surface area (Å²) in [6.07, 6.45) is 7.69. The van der Waals surface area contributed by atoms with E-state index < -0.39 is 0 Å². The third-order valence-corrected chi connectivity index (χ3v) is 3.24. The molecule has 0 bridgehead atoms. The van der Waals surface area contributed by atoms with E-state index in [4.69, 9.17) is 0 Å². The molecule has 0 radical (unpaired) electrons. The van der Waals surface area contributed by atoms with Gasteiger partial charge in [0.25, 0.3) is 0 Å². The smallest absolute Gasteiger partial charge is 0.0687 e. The fourth-order valence-electron chi connectivity index (χ4n) is 2.20. The van der Waals surface area contributed by atoms with Crippen LogP contribution in [0.25, 0.3) is 24.3 Å². The average molecular weight is 262 g/mol. The Bertz CT molecular complexity index is 636. The maximum Gasteiger partial charge on any atom is 0.0687 e. The predicted molar refractivity (Wildman–Crippen MR) is 87.9 cm³/mol. The van der Waals surface area contributed by atoms with E-state index in [1.54, 1.807) is 12.2 Å². The summed E-state index contributed by atoms with van der Waals surface area (Å²) < 4.78 is 0. The van der Waals surface area contributed by atoms with Crippen LogP contribution in [0.3, 0.4) is 0 Å². The molecule has 1 nitrogen and oxygen atoms in total. The largest absolute Gasteiger partial charge is 0.392 e. The predicted octanol–water partition coefficient (Wildman–Crippen LogP) is 4.64. The minimum absolute atomic E-state index is 0.00483. The Kier molecular flexibility index (Phi) is 4.70. The highest BCUT2D eigenvalue weighted by Crippen LogP contribution is 2.24. The summed E-state index contributed by atoms with van der Waals surface area (Å²) in [6, 6.07) is 14.1. The molecule has 0 atom stereocenters. The van der Waals surface area contributed by atoms with Gasteiger partial charge in [0.1, 0.15) is 0 Å². The van der Waals surface area contributed by atoms with Gasteiger partial charge in [-0.15, -0.1) is 0 Å². The van der Waals surface area contributed by atoms with Crippen molar-refractivity contribution in [1.82, 2.24) is 0 Å². The normalized spacial score (nSPS) is 10.7. The van der Waals surface area contributed by atoms with Crippen LogP contribution in [0.5, 0.6) is 0 Å². The standard InChI is InChI=1S/C19H18O/c1-3-18-16(11-10-15-8-6-5-7-9-15)12-13-17(14-20)19(18)4-2/h3-13,20H,1-2,14H2. The van der Waals surface area contributed by atoms with Crippen molar-refractivity contribution < 1.29 is 5.11 Å². The molecule has 0 saturated carbocycles. The summed E-state index contributed by atoms with van der Waals surface area (Å²) in [5.74, 6) is 0. The fourth-order valence-corrected chi connectivity index (χ4v) is 2.20. The number of rotatable bonds is 5. The van der Waals surface area contributed by atoms with Gasteiger partial charge in [0, 0.05) is 0 Å². The summed E-state index contributed by atoms with van der Waals surface area (Å²) in [6.45, 7) is 7.70. The summed E-state index contributed by atoms with van der Waals surface area (Å²) in [4.78, 5) is 0. The van der Waals surface area contributed by atoms with Crippen molar-refractivity contribution in [2.75, 3.05) is 0 Å². The van der Waals surface area contributed by atoms with E-state index in [2.05, 4.69) is 37.4 Å². The third-order valence-electron chi connectivity index (χ3n) is 3.24. The SMILES string of the molecule is C=Cc1c(C=Cc2ccccc2)ccc(CO)c1C=C. The van der Waals surface area contributed by atoms with E-state index in [0.717, 1.165) is 27.8 Å². The molecule has 0 aliphatic carbocycles. The number of hydrogen-bond donors (Lipinski definition) is 1. The highest BCUT2D eigenvalue weighted by molar-refractivity contribution is 5.79. The van der Waals surface area contributed by atoms with Crippen molar-refractivity contribution in [3.05, 3.63) is 83.4 Å². The molecule has 1 heteroatoms. The van der Waals surface area contributed by atoms with Crippen LogP contribution in [0.4, 0.5) is 0 Å². The highest BCUT2D eigenvalue weighted by Gasteiger charge is 2.06. The number of hydrogen-bond acceptors (Lipinski definition) is 1. The van der Waals surface area contributed by atoms with E-state index in [-0.39, 0.29) is 6.61 Å². The van der Waals surface area contributed by atoms with Gasteiger partial charge in [0.15, 0.2) is 0 Å². The zero-order valence-electron chi connectivity index (χ0n) is 11.4. The first-order valence-corrected chi connectivity index (χ1v) is 6.55. The molecule has 0 aliphatic heterocycles. The first-order chi connectivity index (χ1) is 9.80. The van der Waals surface area contributed by atoms with Crippen LogP contribution >= 0.6 is 0 Å². The van der Waals surface area contributed by atoms with Gasteiger partial charge < -0.3 is 5.11 Å². The Morgan fingerprint density at radius 3 is 2.15 bits per heavy atom. The van der Waals surface area contributed by atoms with Crippen molar-refractivity contribution in [3.63, 3.8) is 0 Å². The second-order valence-electron chi connectivity index (χ2n) is 4.45. The quantitative estimate of drug-likeness (QED) is 0.778. The van der Waals surface area contributed by atoms with Crippen LogP contribution in [0.2, 0.25) is 0 Å². The summed E-state index contributed by atoms with van der Waals surface area (Å²) in [7, 11) is 0. The van der Waals surface area contributed by atoms with Gasteiger partial charge in [0.05, 0.1) is 6.61 Å². The van der Waals surface area contributed by atoms with Crippen LogP contribution in [-0.4, -0.2) is 5.11 Å². The van der Waals surface area contributed by atoms with Crippen molar-refractivity contribution in [3.8, 4) is 0 Å². The molecule has 0 saturated heterocycles. The van der Waals surface area contributed by atoms with Crippen LogP contribution in [0.1, 0.15) is 27.8 Å². The minimum Gasteiger partial charge on any atom is -0.392 e. The van der Waals surface area contributed by atoms with Crippen molar-refractivity contribution in [2.24, 2.45) is 0 Å². The Morgan fingerprint density at radius 2 is 1.55 bits per heavy atom. The maximum atomic E-state index is 9.37. The molecule has 0 aliphatic rings. The molecule has 20 heavy (non-hydrogen) atoms. The van der Waals surface area contributed by atoms with E-state index in [9.17, 15) is 5.11 Å². The van der Waals surface area contributed by atoms with Crippen molar-refractivity contribution >= 4 is 24.3 Å². The summed E-state index contributed by atoms with van der Waals surface area (Å²) >= 11 is 0. The summed E-state index contributed by atoms with van der Waals surface area (Å²) in [5, 5.41) is 9.37. The Morgan fingerprint density at radius 1 is 0.850 bits per heavy atom. The van der Waals surface area contributed by atoms with Crippen LogP contribution < -0.4 is 0 Å². The molecule has 0 unspecified atom stereocenters. The van der Waals surface area contributed by atoms with E-state index in [0.29, 0.717) is 0 Å².